The van der Waals surface area contributed by atoms with Gasteiger partial charge in [0.1, 0.15) is 19.8 Å². The minimum absolute atomic E-state index is 0.0320. The van der Waals surface area contributed by atoms with Gasteiger partial charge in [0.2, 0.25) is 0 Å². The van der Waals surface area contributed by atoms with Gasteiger partial charge in [0, 0.05) is 12.8 Å². The number of unbranched alkanes of at least 4 members (excludes halogenated alkanes) is 12. The largest absolute Gasteiger partial charge is 0.472 e. The van der Waals surface area contributed by atoms with E-state index in [1.807, 2.05) is 21.1 Å². The molecule has 0 aromatic carbocycles. The van der Waals surface area contributed by atoms with E-state index in [1.165, 1.54) is 32.1 Å². The summed E-state index contributed by atoms with van der Waals surface area (Å²) in [6.07, 6.45) is 20.0. The Hall–Kier alpha value is -1.25. The van der Waals surface area contributed by atoms with Crippen molar-refractivity contribution < 1.29 is 42.1 Å². The highest BCUT2D eigenvalue weighted by atomic mass is 31.2. The molecule has 9 nitrogen and oxygen atoms in total. The van der Waals surface area contributed by atoms with Crippen molar-refractivity contribution in [3.8, 4) is 0 Å². The molecule has 1 unspecified atom stereocenters. The summed E-state index contributed by atoms with van der Waals surface area (Å²) in [4.78, 5) is 34.8. The summed E-state index contributed by atoms with van der Waals surface area (Å²) in [6, 6.07) is 0. The van der Waals surface area contributed by atoms with Crippen LogP contribution in [0.5, 0.6) is 0 Å². The summed E-state index contributed by atoms with van der Waals surface area (Å²) >= 11 is 0. The Morgan fingerprint density at radius 3 is 1.90 bits per heavy atom. The molecule has 242 valence electrons. The van der Waals surface area contributed by atoms with Crippen LogP contribution in [0.1, 0.15) is 123 Å². The maximum atomic E-state index is 12.5. The zero-order valence-electron chi connectivity index (χ0n) is 26.8. The first-order valence-electron chi connectivity index (χ1n) is 15.9. The summed E-state index contributed by atoms with van der Waals surface area (Å²) in [7, 11) is 1.47. The maximum absolute atomic E-state index is 12.5. The number of hydrogen-bond acceptors (Lipinski definition) is 7. The smallest absolute Gasteiger partial charge is 0.462 e. The lowest BCUT2D eigenvalue weighted by Crippen LogP contribution is -2.37. The molecule has 0 aliphatic heterocycles. The average molecular weight is 607 g/mol. The fraction of sp³-hybridized carbons (Fsp3) is 0.871. The minimum Gasteiger partial charge on any atom is -0.462 e. The summed E-state index contributed by atoms with van der Waals surface area (Å²) in [5.74, 6) is -0.820. The second-order valence-electron chi connectivity index (χ2n) is 11.8. The van der Waals surface area contributed by atoms with Crippen LogP contribution in [0, 0.1) is 0 Å². The van der Waals surface area contributed by atoms with Crippen LogP contribution < -0.4 is 0 Å². The molecule has 41 heavy (non-hydrogen) atoms. The van der Waals surface area contributed by atoms with Crippen LogP contribution in [0.2, 0.25) is 0 Å². The van der Waals surface area contributed by atoms with Crippen molar-refractivity contribution in [3.63, 3.8) is 0 Å². The lowest BCUT2D eigenvalue weighted by molar-refractivity contribution is -0.870. The summed E-state index contributed by atoms with van der Waals surface area (Å²) < 4.78 is 33.8. The molecule has 0 bridgehead atoms. The Bertz CT molecular complexity index is 738. The second kappa shape index (κ2) is 25.3. The summed E-state index contributed by atoms with van der Waals surface area (Å²) in [5, 5.41) is 0. The number of likely N-dealkylation sites (N-methyl/N-ethyl adjacent to an activating group) is 1. The number of rotatable bonds is 28. The molecule has 0 aromatic heterocycles. The Balaban J connectivity index is 4.55. The van der Waals surface area contributed by atoms with Gasteiger partial charge in [-0.15, -0.1) is 0 Å². The quantitative estimate of drug-likeness (QED) is 0.0321. The predicted octanol–water partition coefficient (Wildman–Crippen LogP) is 7.51. The number of quaternary nitrogens is 1. The molecule has 0 saturated carbocycles. The average Bonchev–Trinajstić information content (AvgIpc) is 2.90. The Morgan fingerprint density at radius 1 is 0.756 bits per heavy atom. The number of allylic oxidation sites excluding steroid dienone is 2. The first kappa shape index (κ1) is 39.8. The lowest BCUT2D eigenvalue weighted by Gasteiger charge is -2.24. The molecule has 0 heterocycles. The molecule has 10 heteroatoms. The lowest BCUT2D eigenvalue weighted by atomic mass is 10.1. The van der Waals surface area contributed by atoms with Crippen molar-refractivity contribution in [1.82, 2.24) is 0 Å². The predicted molar refractivity (Wildman–Crippen MR) is 164 cm³/mol. The van der Waals surface area contributed by atoms with Gasteiger partial charge in [-0.3, -0.25) is 18.6 Å². The zero-order chi connectivity index (χ0) is 30.8. The van der Waals surface area contributed by atoms with Crippen molar-refractivity contribution in [2.24, 2.45) is 0 Å². The number of ether oxygens (including phenoxy) is 2. The number of hydrogen-bond donors (Lipinski definition) is 1. The second-order valence-corrected chi connectivity index (χ2v) is 13.3. The summed E-state index contributed by atoms with van der Waals surface area (Å²) in [6.45, 7) is 4.23. The third kappa shape index (κ3) is 28.6. The van der Waals surface area contributed by atoms with Crippen LogP contribution in [-0.4, -0.2) is 74.9 Å². The van der Waals surface area contributed by atoms with Crippen LogP contribution >= 0.6 is 7.82 Å². The van der Waals surface area contributed by atoms with Crippen molar-refractivity contribution >= 4 is 19.8 Å². The van der Waals surface area contributed by atoms with E-state index in [0.29, 0.717) is 17.4 Å². The monoisotopic (exact) mass is 606 g/mol. The molecule has 1 N–H and O–H groups in total. The molecular weight excluding hydrogens is 545 g/mol. The number of phosphoric acid groups is 1. The van der Waals surface area contributed by atoms with E-state index in [2.05, 4.69) is 26.0 Å². The highest BCUT2D eigenvalue weighted by Crippen LogP contribution is 2.43. The molecule has 0 aliphatic carbocycles. The number of carbonyl (C=O) groups excluding carboxylic acids is 2. The third-order valence-electron chi connectivity index (χ3n) is 6.56. The van der Waals surface area contributed by atoms with E-state index in [9.17, 15) is 19.0 Å². The molecule has 0 aromatic rings. The van der Waals surface area contributed by atoms with E-state index in [0.717, 1.165) is 57.8 Å². The van der Waals surface area contributed by atoms with E-state index in [4.69, 9.17) is 18.5 Å². The Labute approximate surface area is 250 Å². The Morgan fingerprint density at radius 2 is 1.32 bits per heavy atom. The molecule has 0 amide bonds. The maximum Gasteiger partial charge on any atom is 0.472 e. The van der Waals surface area contributed by atoms with E-state index >= 15 is 0 Å². The number of nitrogens with zero attached hydrogens (tertiary/aromatic N) is 1. The normalized spacial score (nSPS) is 14.2. The first-order chi connectivity index (χ1) is 19.5. The van der Waals surface area contributed by atoms with Crippen LogP contribution in [0.4, 0.5) is 0 Å². The van der Waals surface area contributed by atoms with Gasteiger partial charge in [-0.1, -0.05) is 90.2 Å². The standard InChI is InChI=1S/C31H60NO8P/c1-6-8-10-12-14-16-18-20-22-24-31(34)40-29(28-39-41(35,36)38-26-25-32(3,4)5)27-37-30(33)23-21-19-17-15-13-11-9-7-2/h8,10,29H,6-7,9,11-28H2,1-5H3/p+1/b10-8-/t29-/m1/s1. The fourth-order valence-electron chi connectivity index (χ4n) is 4.01. The molecule has 0 radical (unpaired) electrons. The topological polar surface area (TPSA) is 108 Å². The van der Waals surface area contributed by atoms with Gasteiger partial charge in [0.25, 0.3) is 0 Å². The zero-order valence-corrected chi connectivity index (χ0v) is 27.7. The van der Waals surface area contributed by atoms with Gasteiger partial charge >= 0.3 is 19.8 Å². The van der Waals surface area contributed by atoms with Crippen LogP contribution in [-0.2, 0) is 32.7 Å². The fourth-order valence-corrected chi connectivity index (χ4v) is 4.75. The van der Waals surface area contributed by atoms with E-state index in [1.54, 1.807) is 0 Å². The highest BCUT2D eigenvalue weighted by Gasteiger charge is 2.27. The molecule has 2 atom stereocenters. The van der Waals surface area contributed by atoms with E-state index in [-0.39, 0.29) is 32.0 Å². The molecule has 0 aliphatic rings. The van der Waals surface area contributed by atoms with Gasteiger partial charge in [-0.2, -0.15) is 0 Å². The van der Waals surface area contributed by atoms with Crippen LogP contribution in [0.25, 0.3) is 0 Å². The third-order valence-corrected chi connectivity index (χ3v) is 7.54. The van der Waals surface area contributed by atoms with Gasteiger partial charge in [0.15, 0.2) is 6.10 Å². The van der Waals surface area contributed by atoms with Crippen molar-refractivity contribution in [2.45, 2.75) is 129 Å². The summed E-state index contributed by atoms with van der Waals surface area (Å²) in [5.41, 5.74) is 0. The van der Waals surface area contributed by atoms with Crippen molar-refractivity contribution in [1.29, 1.82) is 0 Å². The van der Waals surface area contributed by atoms with Crippen LogP contribution in [0.15, 0.2) is 12.2 Å². The SMILES string of the molecule is CC/C=C\CCCCCCCC(=O)O[C@H](COC(=O)CCCCCCCCCC)COP(=O)(O)OCC[N+](C)(C)C. The molecule has 0 saturated heterocycles. The van der Waals surface area contributed by atoms with Crippen molar-refractivity contribution in [2.75, 3.05) is 47.5 Å². The number of esters is 2. The van der Waals surface area contributed by atoms with Crippen LogP contribution in [0.3, 0.4) is 0 Å². The molecular formula is C31H61NO8P+. The first-order valence-corrected chi connectivity index (χ1v) is 17.4. The van der Waals surface area contributed by atoms with Crippen molar-refractivity contribution in [3.05, 3.63) is 12.2 Å². The number of carbonyl (C=O) groups is 2. The molecule has 0 spiro atoms. The minimum atomic E-state index is -4.35. The van der Waals surface area contributed by atoms with Gasteiger partial charge in [-0.05, 0) is 32.1 Å². The number of phosphoric ester groups is 1. The van der Waals surface area contributed by atoms with Gasteiger partial charge < -0.3 is 18.9 Å². The molecule has 0 fully saturated rings. The highest BCUT2D eigenvalue weighted by molar-refractivity contribution is 7.47. The van der Waals surface area contributed by atoms with E-state index < -0.39 is 26.5 Å². The van der Waals surface area contributed by atoms with Gasteiger partial charge in [-0.25, -0.2) is 4.57 Å². The Kier molecular flexibility index (Phi) is 24.5. The van der Waals surface area contributed by atoms with Gasteiger partial charge in [0.05, 0.1) is 27.7 Å². The molecule has 0 rings (SSSR count).